The van der Waals surface area contributed by atoms with Crippen LogP contribution in [0, 0.1) is 6.92 Å². The molecule has 3 rings (SSSR count). The van der Waals surface area contributed by atoms with Gasteiger partial charge in [0.05, 0.1) is 17.5 Å². The quantitative estimate of drug-likeness (QED) is 0.561. The van der Waals surface area contributed by atoms with Crippen molar-refractivity contribution >= 4 is 17.8 Å². The van der Waals surface area contributed by atoms with Crippen LogP contribution in [0.25, 0.3) is 11.4 Å². The van der Waals surface area contributed by atoms with Crippen LogP contribution in [0.2, 0.25) is 0 Å². The molecule has 3 aromatic rings. The van der Waals surface area contributed by atoms with Crippen molar-refractivity contribution in [1.82, 2.24) is 15.4 Å². The highest BCUT2D eigenvalue weighted by atomic mass is 16.2. The van der Waals surface area contributed by atoms with Gasteiger partial charge in [-0.2, -0.15) is 5.10 Å². The van der Waals surface area contributed by atoms with Gasteiger partial charge in [0.15, 0.2) is 5.82 Å². The molecule has 0 fully saturated rings. The summed E-state index contributed by atoms with van der Waals surface area (Å²) in [5.41, 5.74) is 6.43. The monoisotopic (exact) mass is 359 g/mol. The van der Waals surface area contributed by atoms with Gasteiger partial charge in [-0.1, -0.05) is 42.5 Å². The maximum atomic E-state index is 12.3. The predicted octanol–water partition coefficient (Wildman–Crippen LogP) is 3.28. The lowest BCUT2D eigenvalue weighted by atomic mass is 10.2. The summed E-state index contributed by atoms with van der Waals surface area (Å²) in [6.07, 6.45) is 3.13. The number of benzene rings is 2. The Kier molecular flexibility index (Phi) is 5.56. The highest BCUT2D eigenvalue weighted by molar-refractivity contribution is 5.95. The Bertz CT molecular complexity index is 950. The van der Waals surface area contributed by atoms with E-state index in [-0.39, 0.29) is 5.91 Å². The molecule has 1 heterocycles. The molecule has 0 aliphatic rings. The number of nitrogens with one attached hydrogen (secondary N) is 1. The fourth-order valence-electron chi connectivity index (χ4n) is 2.50. The number of carbonyl (C=O) groups is 1. The van der Waals surface area contributed by atoms with Gasteiger partial charge in [0.1, 0.15) is 0 Å². The van der Waals surface area contributed by atoms with Crippen molar-refractivity contribution in [1.29, 1.82) is 0 Å². The molecule has 0 saturated heterocycles. The zero-order chi connectivity index (χ0) is 19.2. The SMILES string of the molecule is Cc1nc(-c2ccccc2)ncc1C(=O)N/N=C/c1ccc(N(C)C)cc1. The molecule has 0 saturated carbocycles. The summed E-state index contributed by atoms with van der Waals surface area (Å²) >= 11 is 0. The molecular formula is C21H21N5O. The lowest BCUT2D eigenvalue weighted by Crippen LogP contribution is -2.19. The van der Waals surface area contributed by atoms with Gasteiger partial charge in [0.25, 0.3) is 5.91 Å². The summed E-state index contributed by atoms with van der Waals surface area (Å²) in [5, 5.41) is 4.02. The Hall–Kier alpha value is -3.54. The molecule has 0 bridgehead atoms. The Labute approximate surface area is 158 Å². The van der Waals surface area contributed by atoms with E-state index in [0.717, 1.165) is 16.8 Å². The molecule has 1 aromatic heterocycles. The van der Waals surface area contributed by atoms with Crippen molar-refractivity contribution in [3.8, 4) is 11.4 Å². The number of rotatable bonds is 5. The predicted molar refractivity (Wildman–Crippen MR) is 108 cm³/mol. The maximum Gasteiger partial charge on any atom is 0.274 e. The summed E-state index contributed by atoms with van der Waals surface area (Å²) in [5.74, 6) is 0.252. The summed E-state index contributed by atoms with van der Waals surface area (Å²) in [4.78, 5) is 23.1. The molecule has 0 aliphatic carbocycles. The fraction of sp³-hybridized carbons (Fsp3) is 0.143. The fourth-order valence-corrected chi connectivity index (χ4v) is 2.50. The van der Waals surface area contributed by atoms with Gasteiger partial charge in [-0.25, -0.2) is 15.4 Å². The van der Waals surface area contributed by atoms with Gasteiger partial charge in [0.2, 0.25) is 0 Å². The Morgan fingerprint density at radius 3 is 2.41 bits per heavy atom. The first kappa shape index (κ1) is 18.3. The molecule has 6 heteroatoms. The van der Waals surface area contributed by atoms with Crippen LogP contribution in [0.4, 0.5) is 5.69 Å². The number of hydrazone groups is 1. The molecular weight excluding hydrogens is 338 g/mol. The first-order valence-corrected chi connectivity index (χ1v) is 8.54. The molecule has 27 heavy (non-hydrogen) atoms. The zero-order valence-electron chi connectivity index (χ0n) is 15.5. The third-order valence-electron chi connectivity index (χ3n) is 4.05. The number of carbonyl (C=O) groups excluding carboxylic acids is 1. The summed E-state index contributed by atoms with van der Waals surface area (Å²) in [7, 11) is 3.97. The normalized spacial score (nSPS) is 10.8. The lowest BCUT2D eigenvalue weighted by molar-refractivity contribution is 0.0953. The van der Waals surface area contributed by atoms with E-state index in [9.17, 15) is 4.79 Å². The van der Waals surface area contributed by atoms with Crippen molar-refractivity contribution in [3.05, 3.63) is 77.6 Å². The van der Waals surface area contributed by atoms with E-state index in [1.165, 1.54) is 6.20 Å². The third-order valence-corrected chi connectivity index (χ3v) is 4.05. The topological polar surface area (TPSA) is 70.5 Å². The van der Waals surface area contributed by atoms with Gasteiger partial charge in [-0.05, 0) is 24.6 Å². The number of aryl methyl sites for hydroxylation is 1. The van der Waals surface area contributed by atoms with E-state index in [1.54, 1.807) is 13.1 Å². The molecule has 0 aliphatic heterocycles. The average Bonchev–Trinajstić information content (AvgIpc) is 2.69. The number of hydrogen-bond donors (Lipinski definition) is 1. The molecule has 6 nitrogen and oxygen atoms in total. The Morgan fingerprint density at radius 1 is 1.07 bits per heavy atom. The first-order chi connectivity index (χ1) is 13.0. The average molecular weight is 359 g/mol. The minimum atomic E-state index is -0.340. The second-order valence-electron chi connectivity index (χ2n) is 6.24. The van der Waals surface area contributed by atoms with Gasteiger partial charge in [-0.3, -0.25) is 4.79 Å². The van der Waals surface area contributed by atoms with Crippen LogP contribution >= 0.6 is 0 Å². The van der Waals surface area contributed by atoms with E-state index >= 15 is 0 Å². The van der Waals surface area contributed by atoms with Crippen LogP contribution in [0.1, 0.15) is 21.6 Å². The summed E-state index contributed by atoms with van der Waals surface area (Å²) in [6, 6.07) is 17.5. The molecule has 1 N–H and O–H groups in total. The number of nitrogens with zero attached hydrogens (tertiary/aromatic N) is 4. The maximum absolute atomic E-state index is 12.3. The van der Waals surface area contributed by atoms with Crippen molar-refractivity contribution in [2.24, 2.45) is 5.10 Å². The highest BCUT2D eigenvalue weighted by Crippen LogP contribution is 2.15. The van der Waals surface area contributed by atoms with Crippen molar-refractivity contribution in [3.63, 3.8) is 0 Å². The smallest absolute Gasteiger partial charge is 0.274 e. The Balaban J connectivity index is 1.67. The molecule has 2 aromatic carbocycles. The van der Waals surface area contributed by atoms with E-state index in [1.807, 2.05) is 73.6 Å². The number of hydrogen-bond acceptors (Lipinski definition) is 5. The van der Waals surface area contributed by atoms with E-state index in [0.29, 0.717) is 17.1 Å². The minimum Gasteiger partial charge on any atom is -0.378 e. The molecule has 136 valence electrons. The van der Waals surface area contributed by atoms with Crippen LogP contribution < -0.4 is 10.3 Å². The van der Waals surface area contributed by atoms with Crippen LogP contribution in [0.15, 0.2) is 65.9 Å². The van der Waals surface area contributed by atoms with E-state index < -0.39 is 0 Å². The van der Waals surface area contributed by atoms with Gasteiger partial charge in [0, 0.05) is 31.5 Å². The highest BCUT2D eigenvalue weighted by Gasteiger charge is 2.11. The van der Waals surface area contributed by atoms with Gasteiger partial charge >= 0.3 is 0 Å². The summed E-state index contributed by atoms with van der Waals surface area (Å²) < 4.78 is 0. The van der Waals surface area contributed by atoms with Crippen LogP contribution in [-0.2, 0) is 0 Å². The molecule has 0 unspecified atom stereocenters. The van der Waals surface area contributed by atoms with Gasteiger partial charge < -0.3 is 4.90 Å². The zero-order valence-corrected chi connectivity index (χ0v) is 15.5. The molecule has 0 radical (unpaired) electrons. The second-order valence-corrected chi connectivity index (χ2v) is 6.24. The van der Waals surface area contributed by atoms with E-state index in [4.69, 9.17) is 0 Å². The van der Waals surface area contributed by atoms with Crippen molar-refractivity contribution < 1.29 is 4.79 Å². The second kappa shape index (κ2) is 8.23. The molecule has 1 amide bonds. The summed E-state index contributed by atoms with van der Waals surface area (Å²) in [6.45, 7) is 1.78. The van der Waals surface area contributed by atoms with Crippen molar-refractivity contribution in [2.75, 3.05) is 19.0 Å². The number of aromatic nitrogens is 2. The lowest BCUT2D eigenvalue weighted by Gasteiger charge is -2.11. The van der Waals surface area contributed by atoms with E-state index in [2.05, 4.69) is 20.5 Å². The van der Waals surface area contributed by atoms with Crippen LogP contribution in [-0.4, -0.2) is 36.2 Å². The van der Waals surface area contributed by atoms with Crippen LogP contribution in [0.3, 0.4) is 0 Å². The van der Waals surface area contributed by atoms with Crippen molar-refractivity contribution in [2.45, 2.75) is 6.92 Å². The first-order valence-electron chi connectivity index (χ1n) is 8.54. The minimum absolute atomic E-state index is 0.340. The van der Waals surface area contributed by atoms with Crippen LogP contribution in [0.5, 0.6) is 0 Å². The molecule has 0 atom stereocenters. The number of anilines is 1. The third kappa shape index (κ3) is 4.55. The standard InChI is InChI=1S/C21H21N5O/c1-15-19(14-22-20(24-15)17-7-5-4-6-8-17)21(27)25-23-13-16-9-11-18(12-10-16)26(2)3/h4-14H,1-3H3,(H,25,27)/b23-13+. The number of amides is 1. The Morgan fingerprint density at radius 2 is 1.78 bits per heavy atom. The largest absolute Gasteiger partial charge is 0.378 e. The molecule has 0 spiro atoms. The van der Waals surface area contributed by atoms with Gasteiger partial charge in [-0.15, -0.1) is 0 Å².